The maximum Gasteiger partial charge on any atom is 0.337 e. The largest absolute Gasteiger partial charge is 0.465 e. The van der Waals surface area contributed by atoms with Crippen LogP contribution in [0.5, 0.6) is 0 Å². The monoisotopic (exact) mass is 385 g/mol. The van der Waals surface area contributed by atoms with Crippen LogP contribution in [0, 0.1) is 6.92 Å². The van der Waals surface area contributed by atoms with Crippen molar-refractivity contribution in [1.29, 1.82) is 0 Å². The number of benzene rings is 2. The van der Waals surface area contributed by atoms with Crippen molar-refractivity contribution in [3.05, 3.63) is 64.7 Å². The summed E-state index contributed by atoms with van der Waals surface area (Å²) in [7, 11) is 2.67. The lowest BCUT2D eigenvalue weighted by molar-refractivity contribution is -0.115. The van der Waals surface area contributed by atoms with Crippen molar-refractivity contribution in [2.24, 2.45) is 0 Å². The minimum absolute atomic E-state index is 0.00374. The van der Waals surface area contributed by atoms with Crippen LogP contribution in [0.25, 0.3) is 0 Å². The molecule has 1 unspecified atom stereocenters. The molecule has 1 atom stereocenters. The first-order valence-electron chi connectivity index (χ1n) is 8.27. The first kappa shape index (κ1) is 19.0. The maximum absolute atomic E-state index is 12.5. The van der Waals surface area contributed by atoms with E-state index in [4.69, 9.17) is 9.47 Å². The fourth-order valence-corrected chi connectivity index (χ4v) is 4.17. The second-order valence-electron chi connectivity index (χ2n) is 6.03. The van der Waals surface area contributed by atoms with Crippen LogP contribution in [0.3, 0.4) is 0 Å². The van der Waals surface area contributed by atoms with E-state index in [-0.39, 0.29) is 11.3 Å². The molecule has 0 saturated carbocycles. The molecule has 27 heavy (non-hydrogen) atoms. The van der Waals surface area contributed by atoms with Gasteiger partial charge >= 0.3 is 11.9 Å². The molecule has 1 amide bonds. The molecule has 0 aliphatic carbocycles. The Morgan fingerprint density at radius 3 is 2.19 bits per heavy atom. The van der Waals surface area contributed by atoms with Gasteiger partial charge in [-0.25, -0.2) is 9.59 Å². The molecule has 1 aliphatic heterocycles. The van der Waals surface area contributed by atoms with Gasteiger partial charge in [-0.15, -0.1) is 11.8 Å². The number of esters is 2. The van der Waals surface area contributed by atoms with Crippen LogP contribution in [0.1, 0.15) is 37.2 Å². The number of anilines is 1. The lowest BCUT2D eigenvalue weighted by Gasteiger charge is -2.26. The van der Waals surface area contributed by atoms with Crippen LogP contribution in [0.15, 0.2) is 42.5 Å². The summed E-state index contributed by atoms with van der Waals surface area (Å²) in [5.41, 5.74) is 3.37. The van der Waals surface area contributed by atoms with Crippen molar-refractivity contribution < 1.29 is 23.9 Å². The SMILES string of the molecule is COC(=O)c1ccc(C2SCC(=O)N2c2ccc(C(=O)OC)cc2C)cc1. The van der Waals surface area contributed by atoms with Gasteiger partial charge in [0.2, 0.25) is 5.91 Å². The molecule has 0 radical (unpaired) electrons. The highest BCUT2D eigenvalue weighted by Crippen LogP contribution is 2.42. The number of carbonyl (C=O) groups is 3. The predicted octanol–water partition coefficient (Wildman–Crippen LogP) is 3.35. The Bertz CT molecular complexity index is 894. The van der Waals surface area contributed by atoms with Crippen molar-refractivity contribution >= 4 is 35.3 Å². The summed E-state index contributed by atoms with van der Waals surface area (Å²) in [6, 6.07) is 12.2. The highest BCUT2D eigenvalue weighted by Gasteiger charge is 2.35. The van der Waals surface area contributed by atoms with Crippen LogP contribution in [0.2, 0.25) is 0 Å². The van der Waals surface area contributed by atoms with Crippen molar-refractivity contribution in [3.63, 3.8) is 0 Å². The Morgan fingerprint density at radius 1 is 1.00 bits per heavy atom. The average molecular weight is 385 g/mol. The van der Waals surface area contributed by atoms with Gasteiger partial charge < -0.3 is 9.47 Å². The van der Waals surface area contributed by atoms with E-state index in [2.05, 4.69) is 0 Å². The molecule has 0 bridgehead atoms. The molecule has 0 aromatic heterocycles. The number of hydrogen-bond acceptors (Lipinski definition) is 6. The third-order valence-electron chi connectivity index (χ3n) is 4.36. The lowest BCUT2D eigenvalue weighted by atomic mass is 10.1. The summed E-state index contributed by atoms with van der Waals surface area (Å²) in [4.78, 5) is 37.6. The Hall–Kier alpha value is -2.80. The molecule has 0 spiro atoms. The summed E-state index contributed by atoms with van der Waals surface area (Å²) in [5.74, 6) is -0.456. The van der Waals surface area contributed by atoms with Crippen LogP contribution < -0.4 is 4.90 Å². The molecule has 1 fully saturated rings. The number of thioether (sulfide) groups is 1. The number of methoxy groups -OCH3 is 2. The first-order chi connectivity index (χ1) is 13.0. The molecule has 1 heterocycles. The van der Waals surface area contributed by atoms with Crippen LogP contribution in [0.4, 0.5) is 5.69 Å². The molecule has 140 valence electrons. The predicted molar refractivity (Wildman–Crippen MR) is 103 cm³/mol. The van der Waals surface area contributed by atoms with Crippen LogP contribution >= 0.6 is 11.8 Å². The Kier molecular flexibility index (Phi) is 5.51. The van der Waals surface area contributed by atoms with E-state index in [9.17, 15) is 14.4 Å². The van der Waals surface area contributed by atoms with Crippen LogP contribution in [-0.4, -0.2) is 37.8 Å². The number of hydrogen-bond donors (Lipinski definition) is 0. The Labute approximate surface area is 161 Å². The van der Waals surface area contributed by atoms with E-state index < -0.39 is 11.9 Å². The minimum Gasteiger partial charge on any atom is -0.465 e. The van der Waals surface area contributed by atoms with Gasteiger partial charge in [-0.05, 0) is 48.4 Å². The zero-order chi connectivity index (χ0) is 19.6. The summed E-state index contributed by atoms with van der Waals surface area (Å²) < 4.78 is 9.46. The minimum atomic E-state index is -0.415. The quantitative estimate of drug-likeness (QED) is 0.752. The topological polar surface area (TPSA) is 72.9 Å². The third-order valence-corrected chi connectivity index (χ3v) is 5.57. The number of amides is 1. The second kappa shape index (κ2) is 7.84. The van der Waals surface area contributed by atoms with E-state index in [0.717, 1.165) is 16.8 Å². The number of nitrogens with zero attached hydrogens (tertiary/aromatic N) is 1. The molecule has 0 N–H and O–H groups in total. The van der Waals surface area contributed by atoms with E-state index in [1.807, 2.05) is 19.1 Å². The van der Waals surface area contributed by atoms with Gasteiger partial charge in [0.1, 0.15) is 5.37 Å². The molecular formula is C20H19NO5S. The standard InChI is InChI=1S/C20H19NO5S/c1-12-10-15(20(24)26-3)8-9-16(12)21-17(22)11-27-18(21)13-4-6-14(7-5-13)19(23)25-2/h4-10,18H,11H2,1-3H3. The zero-order valence-corrected chi connectivity index (χ0v) is 16.0. The van der Waals surface area contributed by atoms with Gasteiger partial charge in [-0.3, -0.25) is 9.69 Å². The molecular weight excluding hydrogens is 366 g/mol. The van der Waals surface area contributed by atoms with Crippen LogP contribution in [-0.2, 0) is 14.3 Å². The average Bonchev–Trinajstić information content (AvgIpc) is 3.08. The van der Waals surface area contributed by atoms with Crippen molar-refractivity contribution in [1.82, 2.24) is 0 Å². The van der Waals surface area contributed by atoms with Gasteiger partial charge in [0, 0.05) is 5.69 Å². The molecule has 7 heteroatoms. The Balaban J connectivity index is 1.93. The van der Waals surface area contributed by atoms with Crippen molar-refractivity contribution in [2.75, 3.05) is 24.9 Å². The zero-order valence-electron chi connectivity index (χ0n) is 15.2. The Morgan fingerprint density at radius 2 is 1.59 bits per heavy atom. The van der Waals surface area contributed by atoms with Gasteiger partial charge in [0.15, 0.2) is 0 Å². The number of ether oxygens (including phenoxy) is 2. The maximum atomic E-state index is 12.5. The van der Waals surface area contributed by atoms with Gasteiger partial charge in [-0.2, -0.15) is 0 Å². The fourth-order valence-electron chi connectivity index (χ4n) is 3.00. The molecule has 1 aliphatic rings. The molecule has 3 rings (SSSR count). The van der Waals surface area contributed by atoms with E-state index in [1.165, 1.54) is 26.0 Å². The van der Waals surface area contributed by atoms with E-state index in [0.29, 0.717) is 16.9 Å². The number of carbonyl (C=O) groups excluding carboxylic acids is 3. The first-order valence-corrected chi connectivity index (χ1v) is 9.32. The molecule has 2 aromatic rings. The second-order valence-corrected chi connectivity index (χ2v) is 7.10. The normalized spacial score (nSPS) is 16.3. The van der Waals surface area contributed by atoms with Gasteiger partial charge in [-0.1, -0.05) is 12.1 Å². The van der Waals surface area contributed by atoms with E-state index >= 15 is 0 Å². The summed E-state index contributed by atoms with van der Waals surface area (Å²) in [6.07, 6.45) is 0. The summed E-state index contributed by atoms with van der Waals surface area (Å²) >= 11 is 1.52. The molecule has 6 nitrogen and oxygen atoms in total. The number of aryl methyl sites for hydroxylation is 1. The molecule has 2 aromatic carbocycles. The lowest BCUT2D eigenvalue weighted by Crippen LogP contribution is -2.28. The highest BCUT2D eigenvalue weighted by atomic mass is 32.2. The van der Waals surface area contributed by atoms with Crippen molar-refractivity contribution in [3.8, 4) is 0 Å². The summed E-state index contributed by atoms with van der Waals surface area (Å²) in [5, 5.41) is -0.202. The fraction of sp³-hybridized carbons (Fsp3) is 0.250. The van der Waals surface area contributed by atoms with Gasteiger partial charge in [0.25, 0.3) is 0 Å². The van der Waals surface area contributed by atoms with E-state index in [1.54, 1.807) is 35.2 Å². The third kappa shape index (κ3) is 3.68. The number of rotatable bonds is 4. The molecule has 1 saturated heterocycles. The summed E-state index contributed by atoms with van der Waals surface area (Å²) in [6.45, 7) is 1.86. The van der Waals surface area contributed by atoms with Gasteiger partial charge in [0.05, 0.1) is 31.1 Å². The smallest absolute Gasteiger partial charge is 0.337 e. The van der Waals surface area contributed by atoms with Crippen molar-refractivity contribution in [2.45, 2.75) is 12.3 Å². The highest BCUT2D eigenvalue weighted by molar-refractivity contribution is 8.00.